The molecule has 1 heterocycles. The number of amides is 1. The second-order valence-corrected chi connectivity index (χ2v) is 5.14. The number of aromatic nitrogens is 1. The van der Waals surface area contributed by atoms with Gasteiger partial charge in [-0.15, -0.1) is 0 Å². The number of carbonyl (C=O) groups is 1. The molecule has 0 unspecified atom stereocenters. The largest absolute Gasteiger partial charge is 0.482 e. The van der Waals surface area contributed by atoms with Crippen molar-refractivity contribution in [1.82, 2.24) is 4.98 Å². The number of benzene rings is 1. The molecular formula is C16H12F6N2O3. The summed E-state index contributed by atoms with van der Waals surface area (Å²) < 4.78 is 82.1. The molecule has 146 valence electrons. The molecule has 0 saturated heterocycles. The monoisotopic (exact) mass is 394 g/mol. The maximum Gasteiger partial charge on any atom is 0.422 e. The van der Waals surface area contributed by atoms with Crippen LogP contribution in [0.4, 0.5) is 32.0 Å². The summed E-state index contributed by atoms with van der Waals surface area (Å²) in [7, 11) is 0. The second-order valence-electron chi connectivity index (χ2n) is 5.14. The summed E-state index contributed by atoms with van der Waals surface area (Å²) in [6.07, 6.45) is -8.11. The van der Waals surface area contributed by atoms with Crippen LogP contribution in [0.2, 0.25) is 0 Å². The summed E-state index contributed by atoms with van der Waals surface area (Å²) >= 11 is 0. The number of hydrogen-bond acceptors (Lipinski definition) is 4. The third-order valence-corrected chi connectivity index (χ3v) is 2.91. The van der Waals surface area contributed by atoms with Crippen LogP contribution in [0.1, 0.15) is 10.4 Å². The van der Waals surface area contributed by atoms with Crippen molar-refractivity contribution >= 4 is 11.6 Å². The van der Waals surface area contributed by atoms with E-state index in [4.69, 9.17) is 0 Å². The highest BCUT2D eigenvalue weighted by Gasteiger charge is 2.29. The molecule has 0 aliphatic heterocycles. The Bertz CT molecular complexity index is 775. The van der Waals surface area contributed by atoms with Crippen LogP contribution in [-0.2, 0) is 0 Å². The molecule has 0 fully saturated rings. The smallest absolute Gasteiger partial charge is 0.422 e. The highest BCUT2D eigenvalue weighted by Crippen LogP contribution is 2.27. The predicted octanol–water partition coefficient (Wildman–Crippen LogP) is 4.22. The molecule has 1 amide bonds. The average Bonchev–Trinajstić information content (AvgIpc) is 2.58. The van der Waals surface area contributed by atoms with Gasteiger partial charge in [-0.1, -0.05) is 12.1 Å². The Hall–Kier alpha value is -2.98. The number of nitrogens with one attached hydrogen (secondary N) is 1. The first kappa shape index (κ1) is 20.3. The summed E-state index contributed by atoms with van der Waals surface area (Å²) in [4.78, 5) is 15.7. The molecule has 0 aliphatic carbocycles. The first-order chi connectivity index (χ1) is 12.5. The summed E-state index contributed by atoms with van der Waals surface area (Å²) in [5.41, 5.74) is -0.0517. The molecule has 0 atom stereocenters. The van der Waals surface area contributed by atoms with Gasteiger partial charge in [0.15, 0.2) is 13.2 Å². The third kappa shape index (κ3) is 7.04. The van der Waals surface area contributed by atoms with Crippen molar-refractivity contribution in [3.8, 4) is 11.6 Å². The Labute approximate surface area is 148 Å². The number of para-hydroxylation sites is 2. The fourth-order valence-corrected chi connectivity index (χ4v) is 1.81. The lowest BCUT2D eigenvalue weighted by molar-refractivity contribution is -0.154. The molecular weight excluding hydrogens is 382 g/mol. The number of alkyl halides is 6. The van der Waals surface area contributed by atoms with Crippen molar-refractivity contribution < 1.29 is 40.6 Å². The fraction of sp³-hybridized carbons (Fsp3) is 0.250. The van der Waals surface area contributed by atoms with Gasteiger partial charge in [-0.2, -0.15) is 26.3 Å². The minimum absolute atomic E-state index is 0.0100. The maximum absolute atomic E-state index is 12.3. The van der Waals surface area contributed by atoms with Gasteiger partial charge in [-0.3, -0.25) is 4.79 Å². The number of nitrogens with zero attached hydrogens (tertiary/aromatic N) is 1. The second kappa shape index (κ2) is 8.14. The van der Waals surface area contributed by atoms with Gasteiger partial charge in [0.25, 0.3) is 5.91 Å². The van der Waals surface area contributed by atoms with E-state index in [1.165, 1.54) is 24.3 Å². The first-order valence-corrected chi connectivity index (χ1v) is 7.29. The number of carbonyl (C=O) groups excluding carboxylic acids is 1. The topological polar surface area (TPSA) is 60.5 Å². The van der Waals surface area contributed by atoms with Crippen LogP contribution in [0.3, 0.4) is 0 Å². The van der Waals surface area contributed by atoms with Gasteiger partial charge in [0.1, 0.15) is 5.75 Å². The number of halogens is 6. The predicted molar refractivity (Wildman–Crippen MR) is 81.7 cm³/mol. The lowest BCUT2D eigenvalue weighted by atomic mass is 10.2. The van der Waals surface area contributed by atoms with Crippen molar-refractivity contribution in [1.29, 1.82) is 0 Å². The molecule has 2 aromatic rings. The molecule has 1 aromatic carbocycles. The maximum atomic E-state index is 12.3. The zero-order valence-corrected chi connectivity index (χ0v) is 13.4. The van der Waals surface area contributed by atoms with Gasteiger partial charge in [0.2, 0.25) is 5.88 Å². The van der Waals surface area contributed by atoms with E-state index in [-0.39, 0.29) is 22.9 Å². The van der Waals surface area contributed by atoms with E-state index in [9.17, 15) is 31.1 Å². The van der Waals surface area contributed by atoms with Crippen LogP contribution in [-0.4, -0.2) is 36.5 Å². The normalized spacial score (nSPS) is 11.8. The molecule has 5 nitrogen and oxygen atoms in total. The highest BCUT2D eigenvalue weighted by molar-refractivity contribution is 6.04. The minimum Gasteiger partial charge on any atom is -0.482 e. The molecule has 0 radical (unpaired) electrons. The van der Waals surface area contributed by atoms with Gasteiger partial charge < -0.3 is 14.8 Å². The standard InChI is InChI=1S/C16H12F6N2O3/c17-15(18,19)8-26-12-4-2-1-3-11(12)24-14(25)10-5-6-13(23-7-10)27-9-16(20,21)22/h1-7H,8-9H2,(H,24,25). The molecule has 0 aliphatic rings. The van der Waals surface area contributed by atoms with Crippen molar-refractivity contribution in [3.63, 3.8) is 0 Å². The van der Waals surface area contributed by atoms with Crippen molar-refractivity contribution in [2.75, 3.05) is 18.5 Å². The number of ether oxygens (including phenoxy) is 2. The van der Waals surface area contributed by atoms with Crippen molar-refractivity contribution in [2.24, 2.45) is 0 Å². The Kier molecular flexibility index (Phi) is 6.13. The van der Waals surface area contributed by atoms with E-state index in [0.717, 1.165) is 18.3 Å². The van der Waals surface area contributed by atoms with E-state index in [2.05, 4.69) is 19.8 Å². The Morgan fingerprint density at radius 2 is 1.56 bits per heavy atom. The van der Waals surface area contributed by atoms with Gasteiger partial charge in [0, 0.05) is 12.3 Å². The first-order valence-electron chi connectivity index (χ1n) is 7.29. The van der Waals surface area contributed by atoms with Crippen LogP contribution in [0, 0.1) is 0 Å². The molecule has 1 aromatic heterocycles. The lowest BCUT2D eigenvalue weighted by Crippen LogP contribution is -2.20. The van der Waals surface area contributed by atoms with Crippen LogP contribution in [0.5, 0.6) is 11.6 Å². The third-order valence-electron chi connectivity index (χ3n) is 2.91. The van der Waals surface area contributed by atoms with E-state index < -0.39 is 31.5 Å². The zero-order valence-electron chi connectivity index (χ0n) is 13.4. The quantitative estimate of drug-likeness (QED) is 0.746. The molecule has 0 spiro atoms. The van der Waals surface area contributed by atoms with Crippen LogP contribution in [0.15, 0.2) is 42.6 Å². The fourth-order valence-electron chi connectivity index (χ4n) is 1.81. The van der Waals surface area contributed by atoms with E-state index in [1.807, 2.05) is 0 Å². The summed E-state index contributed by atoms with van der Waals surface area (Å²) in [6.45, 7) is -3.07. The minimum atomic E-state index is -4.55. The number of rotatable bonds is 6. The molecule has 0 saturated carbocycles. The number of anilines is 1. The van der Waals surface area contributed by atoms with Crippen molar-refractivity contribution in [3.05, 3.63) is 48.2 Å². The van der Waals surface area contributed by atoms with Gasteiger partial charge >= 0.3 is 12.4 Å². The zero-order chi connectivity index (χ0) is 20.1. The van der Waals surface area contributed by atoms with E-state index >= 15 is 0 Å². The van der Waals surface area contributed by atoms with Crippen LogP contribution < -0.4 is 14.8 Å². The molecule has 1 N–H and O–H groups in total. The number of pyridine rings is 1. The van der Waals surface area contributed by atoms with Crippen LogP contribution in [0.25, 0.3) is 0 Å². The molecule has 27 heavy (non-hydrogen) atoms. The average molecular weight is 394 g/mol. The molecule has 2 rings (SSSR count). The van der Waals surface area contributed by atoms with E-state index in [0.29, 0.717) is 0 Å². The summed E-state index contributed by atoms with van der Waals surface area (Å²) in [6, 6.07) is 7.70. The van der Waals surface area contributed by atoms with Gasteiger partial charge in [-0.05, 0) is 18.2 Å². The Morgan fingerprint density at radius 1 is 0.926 bits per heavy atom. The number of hydrogen-bond donors (Lipinski definition) is 1. The lowest BCUT2D eigenvalue weighted by Gasteiger charge is -2.14. The van der Waals surface area contributed by atoms with Crippen LogP contribution >= 0.6 is 0 Å². The SMILES string of the molecule is O=C(Nc1ccccc1OCC(F)(F)F)c1ccc(OCC(F)(F)F)nc1. The van der Waals surface area contributed by atoms with E-state index in [1.54, 1.807) is 0 Å². The Morgan fingerprint density at radius 3 is 2.15 bits per heavy atom. The molecule has 11 heteroatoms. The Balaban J connectivity index is 2.03. The highest BCUT2D eigenvalue weighted by atomic mass is 19.4. The van der Waals surface area contributed by atoms with Gasteiger partial charge in [-0.25, -0.2) is 4.98 Å². The summed E-state index contributed by atoms with van der Waals surface area (Å²) in [5, 5.41) is 2.35. The van der Waals surface area contributed by atoms with Gasteiger partial charge in [0.05, 0.1) is 11.3 Å². The van der Waals surface area contributed by atoms with Crippen molar-refractivity contribution in [2.45, 2.75) is 12.4 Å². The molecule has 0 bridgehead atoms. The summed E-state index contributed by atoms with van der Waals surface area (Å²) in [5.74, 6) is -1.27.